The molecule has 0 spiro atoms. The van der Waals surface area contributed by atoms with Gasteiger partial charge in [0, 0.05) is 27.8 Å². The summed E-state index contributed by atoms with van der Waals surface area (Å²) < 4.78 is 2.60. The number of aromatic nitrogens is 1. The van der Waals surface area contributed by atoms with Gasteiger partial charge >= 0.3 is 0 Å². The van der Waals surface area contributed by atoms with Crippen molar-refractivity contribution in [2.75, 3.05) is 0 Å². The zero-order valence-electron chi connectivity index (χ0n) is 13.8. The van der Waals surface area contributed by atoms with Gasteiger partial charge in [0.15, 0.2) is 0 Å². The molecule has 0 atom stereocenters. The quantitative estimate of drug-likeness (QED) is 0.589. The summed E-state index contributed by atoms with van der Waals surface area (Å²) in [7, 11) is 6.69. The molecule has 0 saturated heterocycles. The summed E-state index contributed by atoms with van der Waals surface area (Å²) in [5, 5.41) is 2.85. The molecule has 0 aliphatic rings. The molecular weight excluding hydrogens is 251 g/mol. The molecule has 4 heteroatoms. The highest BCUT2D eigenvalue weighted by molar-refractivity contribution is 6.47. The number of fused-ring (bicyclic) bond motifs is 3. The Morgan fingerprint density at radius 1 is 1.00 bits per heavy atom. The second kappa shape index (κ2) is 5.33. The molecule has 3 aromatic rings. The minimum absolute atomic E-state index is 0.576. The first-order valence-corrected chi connectivity index (χ1v) is 8.08. The molecule has 0 N–H and O–H groups in total. The van der Waals surface area contributed by atoms with E-state index < -0.39 is 0 Å². The fourth-order valence-electron chi connectivity index (χ4n) is 3.82. The Morgan fingerprint density at radius 2 is 1.71 bits per heavy atom. The smallest absolute Gasteiger partial charge is 0.142 e. The Balaban J connectivity index is 2.57. The minimum atomic E-state index is 0.576. The van der Waals surface area contributed by atoms with Crippen LogP contribution in [0, 0.1) is 0 Å². The van der Waals surface area contributed by atoms with Crippen LogP contribution in [0.15, 0.2) is 30.3 Å². The SMILES string of the molecule is Bc1cc(B)c2c3cccc(B)c3n(C(CC)CC)c2c1. The Bertz CT molecular complexity index is 816. The lowest BCUT2D eigenvalue weighted by Crippen LogP contribution is -2.16. The van der Waals surface area contributed by atoms with Crippen molar-refractivity contribution in [3.8, 4) is 0 Å². The van der Waals surface area contributed by atoms with Gasteiger partial charge in [-0.25, -0.2) is 0 Å². The summed E-state index contributed by atoms with van der Waals surface area (Å²) in [5.74, 6) is 0. The molecule has 104 valence electrons. The Hall–Kier alpha value is -1.57. The van der Waals surface area contributed by atoms with Gasteiger partial charge in [-0.3, -0.25) is 0 Å². The van der Waals surface area contributed by atoms with Gasteiger partial charge in [-0.2, -0.15) is 0 Å². The van der Waals surface area contributed by atoms with Crippen LogP contribution in [0.25, 0.3) is 21.8 Å². The second-order valence-electron chi connectivity index (χ2n) is 6.29. The Kier molecular flexibility index (Phi) is 3.65. The lowest BCUT2D eigenvalue weighted by atomic mass is 9.84. The molecule has 0 radical (unpaired) electrons. The largest absolute Gasteiger partial charge is 0.338 e. The van der Waals surface area contributed by atoms with Crippen LogP contribution in [0.5, 0.6) is 0 Å². The van der Waals surface area contributed by atoms with E-state index in [0.717, 1.165) is 0 Å². The molecule has 1 nitrogen and oxygen atoms in total. The monoisotopic (exact) mass is 273 g/mol. The topological polar surface area (TPSA) is 4.93 Å². The van der Waals surface area contributed by atoms with E-state index in [0.29, 0.717) is 6.04 Å². The van der Waals surface area contributed by atoms with Crippen molar-refractivity contribution in [2.45, 2.75) is 32.7 Å². The number of hydrogen-bond donors (Lipinski definition) is 0. The van der Waals surface area contributed by atoms with Crippen molar-refractivity contribution < 1.29 is 0 Å². The van der Waals surface area contributed by atoms with E-state index in [1.807, 2.05) is 0 Å². The molecule has 0 aliphatic carbocycles. The summed E-state index contributed by atoms with van der Waals surface area (Å²) in [4.78, 5) is 0. The molecule has 0 fully saturated rings. The van der Waals surface area contributed by atoms with E-state index in [1.54, 1.807) is 0 Å². The van der Waals surface area contributed by atoms with Crippen molar-refractivity contribution in [2.24, 2.45) is 0 Å². The first-order valence-electron chi connectivity index (χ1n) is 8.08. The number of nitrogens with zero attached hydrogens (tertiary/aromatic N) is 1. The maximum absolute atomic E-state index is 2.60. The lowest BCUT2D eigenvalue weighted by molar-refractivity contribution is 0.498. The molecular formula is C17H22B3N. The first-order chi connectivity index (χ1) is 10.1. The van der Waals surface area contributed by atoms with Crippen LogP contribution in [0.3, 0.4) is 0 Å². The van der Waals surface area contributed by atoms with Crippen LogP contribution in [0.2, 0.25) is 0 Å². The standard InChI is InChI=1S/C17H22B3N/c1-3-11(4-2)21-15-9-10(18)8-14(20)16(15)12-6-5-7-13(19)17(12)21/h5-9,11H,3-4,18-20H2,1-2H3. The predicted molar refractivity (Wildman–Crippen MR) is 104 cm³/mol. The van der Waals surface area contributed by atoms with E-state index in [9.17, 15) is 0 Å². The third kappa shape index (κ3) is 2.12. The van der Waals surface area contributed by atoms with Crippen LogP contribution in [0.4, 0.5) is 0 Å². The van der Waals surface area contributed by atoms with Gasteiger partial charge in [0.2, 0.25) is 0 Å². The fraction of sp³-hybridized carbons (Fsp3) is 0.294. The van der Waals surface area contributed by atoms with Crippen molar-refractivity contribution >= 4 is 61.7 Å². The zero-order valence-corrected chi connectivity index (χ0v) is 13.8. The number of rotatable bonds is 3. The summed E-state index contributed by atoms with van der Waals surface area (Å²) in [5.41, 5.74) is 6.96. The highest BCUT2D eigenvalue weighted by Gasteiger charge is 2.18. The van der Waals surface area contributed by atoms with Crippen molar-refractivity contribution in [3.63, 3.8) is 0 Å². The Labute approximate surface area is 129 Å². The van der Waals surface area contributed by atoms with E-state index in [4.69, 9.17) is 0 Å². The third-order valence-electron chi connectivity index (χ3n) is 4.77. The fourth-order valence-corrected chi connectivity index (χ4v) is 3.82. The maximum Gasteiger partial charge on any atom is 0.142 e. The van der Waals surface area contributed by atoms with Gasteiger partial charge in [0.25, 0.3) is 0 Å². The van der Waals surface area contributed by atoms with E-state index >= 15 is 0 Å². The van der Waals surface area contributed by atoms with Gasteiger partial charge < -0.3 is 4.57 Å². The van der Waals surface area contributed by atoms with Crippen molar-refractivity contribution in [3.05, 3.63) is 30.3 Å². The average molecular weight is 273 g/mol. The molecule has 1 heterocycles. The number of para-hydroxylation sites is 1. The van der Waals surface area contributed by atoms with Crippen LogP contribution in [-0.4, -0.2) is 28.1 Å². The second-order valence-corrected chi connectivity index (χ2v) is 6.29. The molecule has 2 aromatic carbocycles. The highest BCUT2D eigenvalue weighted by atomic mass is 15.0. The Morgan fingerprint density at radius 3 is 2.38 bits per heavy atom. The zero-order chi connectivity index (χ0) is 15.1. The van der Waals surface area contributed by atoms with E-state index in [1.165, 1.54) is 51.0 Å². The van der Waals surface area contributed by atoms with Crippen molar-refractivity contribution in [1.82, 2.24) is 4.57 Å². The minimum Gasteiger partial charge on any atom is -0.338 e. The van der Waals surface area contributed by atoms with Crippen LogP contribution in [-0.2, 0) is 0 Å². The average Bonchev–Trinajstić information content (AvgIpc) is 2.76. The van der Waals surface area contributed by atoms with Crippen LogP contribution < -0.4 is 16.4 Å². The summed E-state index contributed by atoms with van der Waals surface area (Å²) in [6, 6.07) is 12.0. The molecule has 0 unspecified atom stereocenters. The van der Waals surface area contributed by atoms with Crippen molar-refractivity contribution in [1.29, 1.82) is 0 Å². The van der Waals surface area contributed by atoms with Gasteiger partial charge in [0.05, 0.1) is 0 Å². The predicted octanol–water partition coefficient (Wildman–Crippen LogP) is -0.0692. The highest BCUT2D eigenvalue weighted by Crippen LogP contribution is 2.31. The van der Waals surface area contributed by atoms with E-state index in [2.05, 4.69) is 72.3 Å². The van der Waals surface area contributed by atoms with Gasteiger partial charge in [0.1, 0.15) is 23.5 Å². The molecule has 0 bridgehead atoms. The molecule has 1 aromatic heterocycles. The molecule has 21 heavy (non-hydrogen) atoms. The maximum atomic E-state index is 2.60. The van der Waals surface area contributed by atoms with E-state index in [-0.39, 0.29) is 0 Å². The molecule has 0 aliphatic heterocycles. The van der Waals surface area contributed by atoms with Crippen LogP contribution >= 0.6 is 0 Å². The molecule has 0 saturated carbocycles. The number of hydrogen-bond acceptors (Lipinski definition) is 0. The van der Waals surface area contributed by atoms with Crippen LogP contribution in [0.1, 0.15) is 32.7 Å². The summed E-state index contributed by atoms with van der Waals surface area (Å²) in [6.45, 7) is 4.60. The normalized spacial score (nSPS) is 11.8. The van der Waals surface area contributed by atoms with Gasteiger partial charge in [-0.15, -0.1) is 0 Å². The number of benzene rings is 2. The summed E-state index contributed by atoms with van der Waals surface area (Å²) >= 11 is 0. The first kappa shape index (κ1) is 14.4. The lowest BCUT2D eigenvalue weighted by Gasteiger charge is -2.19. The third-order valence-corrected chi connectivity index (χ3v) is 4.77. The molecule has 3 rings (SSSR count). The van der Waals surface area contributed by atoms with Gasteiger partial charge in [-0.1, -0.05) is 54.5 Å². The summed E-state index contributed by atoms with van der Waals surface area (Å²) in [6.07, 6.45) is 2.35. The molecule has 0 amide bonds. The van der Waals surface area contributed by atoms with Gasteiger partial charge in [-0.05, 0) is 18.9 Å².